The summed E-state index contributed by atoms with van der Waals surface area (Å²) in [4.78, 5) is 14.4. The highest BCUT2D eigenvalue weighted by molar-refractivity contribution is 9.09. The summed E-state index contributed by atoms with van der Waals surface area (Å²) in [5, 5.41) is 0. The molecule has 0 radical (unpaired) electrons. The van der Waals surface area contributed by atoms with E-state index in [0.29, 0.717) is 27.8 Å². The Bertz CT molecular complexity index is 1010. The summed E-state index contributed by atoms with van der Waals surface area (Å²) in [6.07, 6.45) is 5.17. The van der Waals surface area contributed by atoms with Crippen LogP contribution >= 0.6 is 15.9 Å². The van der Waals surface area contributed by atoms with Crippen molar-refractivity contribution in [1.29, 1.82) is 0 Å². The predicted molar refractivity (Wildman–Crippen MR) is 120 cm³/mol. The third-order valence-electron chi connectivity index (χ3n) is 9.10. The van der Waals surface area contributed by atoms with Gasteiger partial charge >= 0.3 is 0 Å². The molecular weight excluding hydrogens is 496 g/mol. The molecule has 0 aromatic heterocycles. The van der Waals surface area contributed by atoms with Gasteiger partial charge in [-0.05, 0) is 96.6 Å². The summed E-state index contributed by atoms with van der Waals surface area (Å²) < 4.78 is 56.9. The number of carbonyl (C=O) groups excluding carboxylic acids is 1. The van der Waals surface area contributed by atoms with Crippen LogP contribution in [-0.4, -0.2) is 10.6 Å². The second-order valence-corrected chi connectivity index (χ2v) is 11.7. The van der Waals surface area contributed by atoms with Crippen molar-refractivity contribution in [3.8, 4) is 0 Å². The predicted octanol–water partition coefficient (Wildman–Crippen LogP) is 7.15. The van der Waals surface area contributed by atoms with E-state index in [1.165, 1.54) is 24.3 Å². The summed E-state index contributed by atoms with van der Waals surface area (Å²) in [6.45, 7) is 0. The maximum Gasteiger partial charge on any atom is 0.148 e. The highest BCUT2D eigenvalue weighted by atomic mass is 79.9. The number of rotatable bonds is 2. The number of hydrogen-bond acceptors (Lipinski definition) is 1. The summed E-state index contributed by atoms with van der Waals surface area (Å²) >= 11 is 3.90. The van der Waals surface area contributed by atoms with Gasteiger partial charge in [-0.25, -0.2) is 17.6 Å². The fourth-order valence-corrected chi connectivity index (χ4v) is 9.25. The molecule has 0 bridgehead atoms. The van der Waals surface area contributed by atoms with Crippen molar-refractivity contribution in [3.05, 3.63) is 70.8 Å². The van der Waals surface area contributed by atoms with Gasteiger partial charge in [0.15, 0.2) is 0 Å². The molecule has 9 unspecified atom stereocenters. The minimum Gasteiger partial charge on any atom is -0.298 e. The van der Waals surface area contributed by atoms with Crippen molar-refractivity contribution in [2.75, 3.05) is 0 Å². The number of Topliss-reactive ketones (excluding diaryl/α,β-unsaturated/α-hetero) is 1. The van der Waals surface area contributed by atoms with Crippen molar-refractivity contribution in [3.63, 3.8) is 0 Å². The molecule has 1 nitrogen and oxygen atoms in total. The highest BCUT2D eigenvalue weighted by Crippen LogP contribution is 2.69. The minimum atomic E-state index is -0.702. The third kappa shape index (κ3) is 3.34. The number of alkyl halides is 1. The summed E-state index contributed by atoms with van der Waals surface area (Å²) in [5.74, 6) is -2.89. The van der Waals surface area contributed by atoms with Crippen LogP contribution in [0.1, 0.15) is 55.1 Å². The number of ketones is 1. The molecule has 6 rings (SSSR count). The summed E-state index contributed by atoms with van der Waals surface area (Å²) in [5.41, 5.74) is 0.728. The Hall–Kier alpha value is -1.69. The lowest BCUT2D eigenvalue weighted by atomic mass is 9.62. The largest absolute Gasteiger partial charge is 0.298 e. The van der Waals surface area contributed by atoms with Crippen LogP contribution in [0.25, 0.3) is 0 Å². The van der Waals surface area contributed by atoms with Gasteiger partial charge in [0.1, 0.15) is 29.1 Å². The first-order valence-corrected chi connectivity index (χ1v) is 12.8. The van der Waals surface area contributed by atoms with E-state index in [2.05, 4.69) is 15.9 Å². The molecule has 2 aromatic rings. The van der Waals surface area contributed by atoms with Gasteiger partial charge in [0.05, 0.1) is 0 Å². The smallest absolute Gasteiger partial charge is 0.148 e. The Labute approximate surface area is 199 Å². The maximum atomic E-state index is 14.2. The lowest BCUT2D eigenvalue weighted by Gasteiger charge is -2.45. The van der Waals surface area contributed by atoms with E-state index in [4.69, 9.17) is 0 Å². The first-order valence-electron chi connectivity index (χ1n) is 11.9. The molecular formula is C27H25BrF4O. The molecule has 0 N–H and O–H groups in total. The van der Waals surface area contributed by atoms with E-state index >= 15 is 0 Å². The van der Waals surface area contributed by atoms with Crippen LogP contribution in [0, 0.1) is 58.8 Å². The van der Waals surface area contributed by atoms with Crippen molar-refractivity contribution < 1.29 is 22.4 Å². The standard InChI is InChI=1S/C27H25BrF4O/c28-21-5-4-20-24-18(21)2-1-3-19(24)25-22(12-6-14(29)10-15(30)7-12)27(33)23(26(20)25)13-8-16(31)11-17(32)9-13/h6-11,18-26H,1-5H2. The Morgan fingerprint density at radius 3 is 1.58 bits per heavy atom. The summed E-state index contributed by atoms with van der Waals surface area (Å²) in [7, 11) is 0. The molecule has 0 saturated heterocycles. The van der Waals surface area contributed by atoms with Crippen LogP contribution in [0.4, 0.5) is 17.6 Å². The fourth-order valence-electron chi connectivity index (χ4n) is 8.37. The van der Waals surface area contributed by atoms with E-state index in [9.17, 15) is 22.4 Å². The van der Waals surface area contributed by atoms with Crippen LogP contribution in [0.2, 0.25) is 0 Å². The topological polar surface area (TPSA) is 17.1 Å². The number of benzene rings is 2. The Morgan fingerprint density at radius 1 is 0.606 bits per heavy atom. The maximum absolute atomic E-state index is 14.2. The molecule has 0 amide bonds. The molecule has 2 aromatic carbocycles. The minimum absolute atomic E-state index is 0.0642. The van der Waals surface area contributed by atoms with E-state index in [1.807, 2.05) is 0 Å². The second-order valence-electron chi connectivity index (χ2n) is 10.5. The number of hydrogen-bond donors (Lipinski definition) is 0. The van der Waals surface area contributed by atoms with Crippen LogP contribution in [-0.2, 0) is 4.79 Å². The van der Waals surface area contributed by atoms with E-state index < -0.39 is 35.1 Å². The zero-order chi connectivity index (χ0) is 23.0. The van der Waals surface area contributed by atoms with Gasteiger partial charge in [0, 0.05) is 28.8 Å². The molecule has 4 saturated carbocycles. The average molecular weight is 521 g/mol. The lowest BCUT2D eigenvalue weighted by Crippen LogP contribution is -2.41. The fraction of sp³-hybridized carbons (Fsp3) is 0.519. The Kier molecular flexibility index (Phi) is 5.24. The normalized spacial score (nSPS) is 39.4. The van der Waals surface area contributed by atoms with Gasteiger partial charge in [-0.1, -0.05) is 22.4 Å². The zero-order valence-electron chi connectivity index (χ0n) is 18.0. The van der Waals surface area contributed by atoms with Gasteiger partial charge in [-0.3, -0.25) is 4.79 Å². The molecule has 33 heavy (non-hydrogen) atoms. The van der Waals surface area contributed by atoms with Crippen LogP contribution in [0.5, 0.6) is 0 Å². The Balaban J connectivity index is 1.53. The highest BCUT2D eigenvalue weighted by Gasteiger charge is 2.65. The molecule has 4 aliphatic rings. The van der Waals surface area contributed by atoms with Crippen molar-refractivity contribution in [1.82, 2.24) is 0 Å². The first kappa shape index (κ1) is 21.8. The van der Waals surface area contributed by atoms with E-state index in [1.54, 1.807) is 0 Å². The molecule has 0 aliphatic heterocycles. The number of halogens is 5. The van der Waals surface area contributed by atoms with Gasteiger partial charge in [0.2, 0.25) is 0 Å². The first-order chi connectivity index (χ1) is 15.8. The zero-order valence-corrected chi connectivity index (χ0v) is 19.6. The van der Waals surface area contributed by atoms with Gasteiger partial charge < -0.3 is 0 Å². The van der Waals surface area contributed by atoms with Crippen LogP contribution in [0.3, 0.4) is 0 Å². The lowest BCUT2D eigenvalue weighted by molar-refractivity contribution is -0.121. The molecule has 4 fully saturated rings. The van der Waals surface area contributed by atoms with Gasteiger partial charge in [-0.15, -0.1) is 0 Å². The van der Waals surface area contributed by atoms with Crippen molar-refractivity contribution >= 4 is 21.7 Å². The Morgan fingerprint density at radius 2 is 1.06 bits per heavy atom. The molecule has 0 heterocycles. The van der Waals surface area contributed by atoms with E-state index in [-0.39, 0.29) is 29.5 Å². The number of carbonyl (C=O) groups is 1. The number of fused-ring (bicyclic) bond motifs is 3. The quantitative estimate of drug-likeness (QED) is 0.303. The van der Waals surface area contributed by atoms with Crippen LogP contribution in [0.15, 0.2) is 36.4 Å². The van der Waals surface area contributed by atoms with Gasteiger partial charge in [-0.2, -0.15) is 0 Å². The molecule has 174 valence electrons. The van der Waals surface area contributed by atoms with Crippen molar-refractivity contribution in [2.45, 2.75) is 48.8 Å². The van der Waals surface area contributed by atoms with E-state index in [0.717, 1.165) is 44.2 Å². The monoisotopic (exact) mass is 520 g/mol. The van der Waals surface area contributed by atoms with Crippen molar-refractivity contribution in [2.24, 2.45) is 35.5 Å². The van der Waals surface area contributed by atoms with Crippen LogP contribution < -0.4 is 0 Å². The molecule has 6 heteroatoms. The summed E-state index contributed by atoms with van der Waals surface area (Å²) in [6, 6.07) is 6.72. The molecule has 4 aliphatic carbocycles. The second kappa shape index (κ2) is 7.93. The average Bonchev–Trinajstić information content (AvgIpc) is 3.21. The molecule has 9 atom stereocenters. The molecule has 0 spiro atoms. The SMILES string of the molecule is O=C1C(c2cc(F)cc(F)c2)C2C3CCCC4C(Br)CCC(C43)C2C1c1cc(F)cc(F)c1. The van der Waals surface area contributed by atoms with Gasteiger partial charge in [0.25, 0.3) is 0 Å². The third-order valence-corrected chi connectivity index (χ3v) is 10.2.